The Kier molecular flexibility index (Phi) is 6.01. The summed E-state index contributed by atoms with van der Waals surface area (Å²) >= 11 is 0. The van der Waals surface area contributed by atoms with E-state index in [4.69, 9.17) is 4.74 Å². The molecule has 138 valence electrons. The van der Waals surface area contributed by atoms with E-state index in [9.17, 15) is 9.18 Å². The second-order valence-corrected chi connectivity index (χ2v) is 6.74. The van der Waals surface area contributed by atoms with Crippen LogP contribution in [-0.2, 0) is 9.53 Å². The summed E-state index contributed by atoms with van der Waals surface area (Å²) in [5, 5.41) is 0. The minimum atomic E-state index is -0.256. The number of carbonyl (C=O) groups excluding carboxylic acids is 1. The van der Waals surface area contributed by atoms with Crippen molar-refractivity contribution in [1.82, 2.24) is 9.80 Å². The number of nitrogens with zero attached hydrogens (tertiary/aromatic N) is 2. The van der Waals surface area contributed by atoms with Gasteiger partial charge in [0.25, 0.3) is 0 Å². The van der Waals surface area contributed by atoms with E-state index < -0.39 is 0 Å². The Labute approximate surface area is 154 Å². The molecule has 2 aromatic rings. The number of ether oxygens (including phenoxy) is 1. The molecular weight excluding hydrogens is 331 g/mol. The first-order valence-corrected chi connectivity index (χ1v) is 8.94. The predicted molar refractivity (Wildman–Crippen MR) is 99.2 cm³/mol. The first-order valence-electron chi connectivity index (χ1n) is 8.94. The lowest BCUT2D eigenvalue weighted by atomic mass is 10.1. The van der Waals surface area contributed by atoms with Crippen molar-refractivity contribution in [1.29, 1.82) is 0 Å². The first-order chi connectivity index (χ1) is 12.5. The van der Waals surface area contributed by atoms with Gasteiger partial charge in [-0.1, -0.05) is 42.5 Å². The maximum atomic E-state index is 13.1. The summed E-state index contributed by atoms with van der Waals surface area (Å²) in [7, 11) is 1.85. The van der Waals surface area contributed by atoms with Crippen molar-refractivity contribution in [3.8, 4) is 0 Å². The van der Waals surface area contributed by atoms with Crippen LogP contribution in [0.4, 0.5) is 4.39 Å². The Bertz CT molecular complexity index is 721. The fraction of sp³-hybridized carbons (Fsp3) is 0.381. The standard InChI is InChI=1S/C21H25FN2O2/c1-16(17-6-4-3-5-7-17)23(2)21(25)15-24-12-13-26-20(14-24)18-8-10-19(22)11-9-18/h3-11,16,20H,12-15H2,1-2H3/t16-,20-/m1/s1. The van der Waals surface area contributed by atoms with Crippen LogP contribution in [0.15, 0.2) is 54.6 Å². The molecule has 4 nitrogen and oxygen atoms in total. The number of likely N-dealkylation sites (N-methyl/N-ethyl adjacent to an activating group) is 1. The molecule has 0 radical (unpaired) electrons. The van der Waals surface area contributed by atoms with Gasteiger partial charge in [0.2, 0.25) is 5.91 Å². The molecule has 2 aromatic carbocycles. The van der Waals surface area contributed by atoms with E-state index in [1.54, 1.807) is 17.0 Å². The summed E-state index contributed by atoms with van der Waals surface area (Å²) in [5.41, 5.74) is 2.06. The van der Waals surface area contributed by atoms with Crippen molar-refractivity contribution < 1.29 is 13.9 Å². The lowest BCUT2D eigenvalue weighted by Crippen LogP contribution is -2.45. The van der Waals surface area contributed by atoms with E-state index in [0.717, 1.165) is 17.7 Å². The fourth-order valence-corrected chi connectivity index (χ4v) is 3.20. The van der Waals surface area contributed by atoms with Crippen molar-refractivity contribution in [2.24, 2.45) is 0 Å². The number of amides is 1. The molecule has 0 unspecified atom stereocenters. The summed E-state index contributed by atoms with van der Waals surface area (Å²) in [4.78, 5) is 16.6. The molecule has 1 saturated heterocycles. The van der Waals surface area contributed by atoms with Crippen LogP contribution >= 0.6 is 0 Å². The number of rotatable bonds is 5. The normalized spacial score (nSPS) is 19.1. The van der Waals surface area contributed by atoms with Crippen LogP contribution in [0, 0.1) is 5.82 Å². The highest BCUT2D eigenvalue weighted by molar-refractivity contribution is 5.78. The van der Waals surface area contributed by atoms with Crippen LogP contribution in [0.5, 0.6) is 0 Å². The zero-order valence-electron chi connectivity index (χ0n) is 15.3. The van der Waals surface area contributed by atoms with Crippen LogP contribution in [0.3, 0.4) is 0 Å². The smallest absolute Gasteiger partial charge is 0.236 e. The molecule has 5 heteroatoms. The molecule has 0 bridgehead atoms. The Balaban J connectivity index is 1.59. The van der Waals surface area contributed by atoms with Gasteiger partial charge in [-0.3, -0.25) is 9.69 Å². The first kappa shape index (κ1) is 18.5. The maximum Gasteiger partial charge on any atom is 0.236 e. The molecule has 0 spiro atoms. The molecule has 1 heterocycles. The Morgan fingerprint density at radius 1 is 1.23 bits per heavy atom. The van der Waals surface area contributed by atoms with E-state index in [1.807, 2.05) is 44.3 Å². The molecule has 2 atom stereocenters. The molecule has 0 N–H and O–H groups in total. The van der Waals surface area contributed by atoms with Crippen LogP contribution in [0.2, 0.25) is 0 Å². The third-order valence-corrected chi connectivity index (χ3v) is 5.01. The minimum absolute atomic E-state index is 0.0256. The number of benzene rings is 2. The van der Waals surface area contributed by atoms with Crippen molar-refractivity contribution in [2.75, 3.05) is 33.3 Å². The molecule has 1 amide bonds. The molecule has 26 heavy (non-hydrogen) atoms. The largest absolute Gasteiger partial charge is 0.371 e. The van der Waals surface area contributed by atoms with E-state index in [2.05, 4.69) is 4.90 Å². The van der Waals surface area contributed by atoms with E-state index in [0.29, 0.717) is 19.7 Å². The lowest BCUT2D eigenvalue weighted by Gasteiger charge is -2.34. The summed E-state index contributed by atoms with van der Waals surface area (Å²) in [6.07, 6.45) is -0.131. The zero-order chi connectivity index (χ0) is 18.5. The van der Waals surface area contributed by atoms with Gasteiger partial charge in [0.05, 0.1) is 25.3 Å². The van der Waals surface area contributed by atoms with E-state index in [1.165, 1.54) is 12.1 Å². The van der Waals surface area contributed by atoms with Crippen LogP contribution in [0.1, 0.15) is 30.2 Å². The van der Waals surface area contributed by atoms with Crippen LogP contribution < -0.4 is 0 Å². The average Bonchev–Trinajstić information content (AvgIpc) is 2.68. The number of carbonyl (C=O) groups is 1. The van der Waals surface area contributed by atoms with Gasteiger partial charge in [-0.2, -0.15) is 0 Å². The number of halogens is 1. The van der Waals surface area contributed by atoms with Gasteiger partial charge in [0.1, 0.15) is 5.82 Å². The van der Waals surface area contributed by atoms with E-state index in [-0.39, 0.29) is 23.9 Å². The highest BCUT2D eigenvalue weighted by atomic mass is 19.1. The van der Waals surface area contributed by atoms with Crippen molar-refractivity contribution in [3.05, 3.63) is 71.5 Å². The number of hydrogen-bond acceptors (Lipinski definition) is 3. The number of hydrogen-bond donors (Lipinski definition) is 0. The summed E-state index contributed by atoms with van der Waals surface area (Å²) in [6, 6.07) is 16.4. The summed E-state index contributed by atoms with van der Waals surface area (Å²) in [5.74, 6) is -0.172. The van der Waals surface area contributed by atoms with Gasteiger partial charge in [-0.25, -0.2) is 4.39 Å². The van der Waals surface area contributed by atoms with Gasteiger partial charge < -0.3 is 9.64 Å². The fourth-order valence-electron chi connectivity index (χ4n) is 3.20. The van der Waals surface area contributed by atoms with Crippen LogP contribution in [-0.4, -0.2) is 49.0 Å². The van der Waals surface area contributed by atoms with Gasteiger partial charge in [-0.05, 0) is 30.2 Å². The lowest BCUT2D eigenvalue weighted by molar-refractivity contribution is -0.135. The highest BCUT2D eigenvalue weighted by Gasteiger charge is 2.26. The second kappa shape index (κ2) is 8.43. The molecule has 0 aliphatic carbocycles. The SMILES string of the molecule is C[C@H](c1ccccc1)N(C)C(=O)CN1CCO[C@@H](c2ccc(F)cc2)C1. The molecule has 0 saturated carbocycles. The third kappa shape index (κ3) is 4.48. The Morgan fingerprint density at radius 2 is 1.92 bits per heavy atom. The topological polar surface area (TPSA) is 32.8 Å². The summed E-state index contributed by atoms with van der Waals surface area (Å²) in [6.45, 7) is 4.30. The molecule has 1 aliphatic heterocycles. The predicted octanol–water partition coefficient (Wildman–Crippen LogP) is 3.42. The highest BCUT2D eigenvalue weighted by Crippen LogP contribution is 2.23. The Morgan fingerprint density at radius 3 is 2.62 bits per heavy atom. The molecule has 3 rings (SSSR count). The van der Waals surface area contributed by atoms with Crippen molar-refractivity contribution >= 4 is 5.91 Å². The monoisotopic (exact) mass is 356 g/mol. The van der Waals surface area contributed by atoms with Gasteiger partial charge >= 0.3 is 0 Å². The van der Waals surface area contributed by atoms with E-state index >= 15 is 0 Å². The van der Waals surface area contributed by atoms with Gasteiger partial charge in [0.15, 0.2) is 0 Å². The number of morpholine rings is 1. The second-order valence-electron chi connectivity index (χ2n) is 6.74. The maximum absolute atomic E-state index is 13.1. The average molecular weight is 356 g/mol. The quantitative estimate of drug-likeness (QED) is 0.823. The minimum Gasteiger partial charge on any atom is -0.371 e. The van der Waals surface area contributed by atoms with Gasteiger partial charge in [-0.15, -0.1) is 0 Å². The third-order valence-electron chi connectivity index (χ3n) is 5.01. The molecule has 1 fully saturated rings. The van der Waals surface area contributed by atoms with Crippen LogP contribution in [0.25, 0.3) is 0 Å². The summed E-state index contributed by atoms with van der Waals surface area (Å²) < 4.78 is 18.9. The Hall–Kier alpha value is -2.24. The molecule has 0 aromatic heterocycles. The molecule has 1 aliphatic rings. The van der Waals surface area contributed by atoms with Crippen molar-refractivity contribution in [3.63, 3.8) is 0 Å². The molecular formula is C21H25FN2O2. The zero-order valence-corrected chi connectivity index (χ0v) is 15.3. The van der Waals surface area contributed by atoms with Crippen molar-refractivity contribution in [2.45, 2.75) is 19.1 Å². The van der Waals surface area contributed by atoms with Gasteiger partial charge in [0, 0.05) is 20.1 Å².